The molecule has 0 spiro atoms. The number of carbonyl (C=O) groups excluding carboxylic acids is 1. The van der Waals surface area contributed by atoms with Crippen molar-refractivity contribution in [2.45, 2.75) is 31.7 Å². The zero-order valence-corrected chi connectivity index (χ0v) is 12.5. The van der Waals surface area contributed by atoms with E-state index in [0.29, 0.717) is 12.0 Å². The van der Waals surface area contributed by atoms with Crippen molar-refractivity contribution in [3.8, 4) is 5.75 Å². The van der Waals surface area contributed by atoms with E-state index in [9.17, 15) is 4.79 Å². The van der Waals surface area contributed by atoms with Gasteiger partial charge in [-0.1, -0.05) is 0 Å². The molecule has 0 aromatic heterocycles. The molecule has 1 aromatic rings. The van der Waals surface area contributed by atoms with Gasteiger partial charge >= 0.3 is 0 Å². The molecule has 5 heteroatoms. The fourth-order valence-corrected chi connectivity index (χ4v) is 2.97. The van der Waals surface area contributed by atoms with Gasteiger partial charge in [0.15, 0.2) is 0 Å². The standard InChI is InChI=1S/C16H21N3O2/c1-11(20)19(2)14-3-4-16-15(8-14)12(5-6-21-16)7-13-9-17-10-18-13/h3-4,8,10,12-13H,5-7,9H2,1-2H3,(H,17,18). The number of nitrogens with zero attached hydrogens (tertiary/aromatic N) is 2. The zero-order chi connectivity index (χ0) is 14.8. The van der Waals surface area contributed by atoms with Gasteiger partial charge < -0.3 is 15.0 Å². The van der Waals surface area contributed by atoms with Crippen LogP contribution >= 0.6 is 0 Å². The molecule has 1 N–H and O–H groups in total. The quantitative estimate of drug-likeness (QED) is 0.924. The molecule has 5 nitrogen and oxygen atoms in total. The summed E-state index contributed by atoms with van der Waals surface area (Å²) in [5, 5.41) is 3.29. The molecule has 2 heterocycles. The van der Waals surface area contributed by atoms with E-state index in [1.165, 1.54) is 5.56 Å². The summed E-state index contributed by atoms with van der Waals surface area (Å²) < 4.78 is 5.76. The first-order chi connectivity index (χ1) is 10.1. The largest absolute Gasteiger partial charge is 0.493 e. The van der Waals surface area contributed by atoms with Gasteiger partial charge in [0.05, 0.1) is 19.5 Å². The minimum absolute atomic E-state index is 0.0362. The molecule has 0 bridgehead atoms. The summed E-state index contributed by atoms with van der Waals surface area (Å²) in [7, 11) is 1.80. The molecule has 3 rings (SSSR count). The minimum Gasteiger partial charge on any atom is -0.493 e. The lowest BCUT2D eigenvalue weighted by atomic mass is 9.87. The summed E-state index contributed by atoms with van der Waals surface area (Å²) >= 11 is 0. The molecule has 1 aromatic carbocycles. The van der Waals surface area contributed by atoms with Crippen LogP contribution in [0.15, 0.2) is 23.2 Å². The van der Waals surface area contributed by atoms with Crippen LogP contribution in [0.25, 0.3) is 0 Å². The second-order valence-electron chi connectivity index (χ2n) is 5.73. The molecule has 2 atom stereocenters. The topological polar surface area (TPSA) is 53.9 Å². The lowest BCUT2D eigenvalue weighted by molar-refractivity contribution is -0.116. The average Bonchev–Trinajstić information content (AvgIpc) is 2.99. The molecule has 0 radical (unpaired) electrons. The Morgan fingerprint density at radius 1 is 1.52 bits per heavy atom. The molecular formula is C16H21N3O2. The number of nitrogens with one attached hydrogen (secondary N) is 1. The maximum atomic E-state index is 11.5. The number of fused-ring (bicyclic) bond motifs is 1. The van der Waals surface area contributed by atoms with E-state index >= 15 is 0 Å². The summed E-state index contributed by atoms with van der Waals surface area (Å²) in [4.78, 5) is 17.4. The number of hydrogen-bond acceptors (Lipinski definition) is 4. The third-order valence-corrected chi connectivity index (χ3v) is 4.31. The van der Waals surface area contributed by atoms with Crippen molar-refractivity contribution in [1.82, 2.24) is 5.32 Å². The van der Waals surface area contributed by atoms with Gasteiger partial charge in [-0.05, 0) is 42.5 Å². The van der Waals surface area contributed by atoms with E-state index in [-0.39, 0.29) is 5.91 Å². The lowest BCUT2D eigenvalue weighted by Gasteiger charge is -2.29. The van der Waals surface area contributed by atoms with Gasteiger partial charge in [0.25, 0.3) is 0 Å². The molecule has 0 aliphatic carbocycles. The summed E-state index contributed by atoms with van der Waals surface area (Å²) in [5.41, 5.74) is 2.13. The first-order valence-corrected chi connectivity index (χ1v) is 7.40. The maximum absolute atomic E-state index is 11.5. The van der Waals surface area contributed by atoms with E-state index in [0.717, 1.165) is 37.4 Å². The van der Waals surface area contributed by atoms with Gasteiger partial charge in [0, 0.05) is 25.7 Å². The highest BCUT2D eigenvalue weighted by Gasteiger charge is 2.26. The van der Waals surface area contributed by atoms with Crippen molar-refractivity contribution >= 4 is 17.9 Å². The van der Waals surface area contributed by atoms with Gasteiger partial charge in [-0.3, -0.25) is 9.79 Å². The van der Waals surface area contributed by atoms with Crippen LogP contribution in [0, 0.1) is 0 Å². The molecule has 2 unspecified atom stereocenters. The van der Waals surface area contributed by atoms with Gasteiger partial charge in [-0.15, -0.1) is 0 Å². The van der Waals surface area contributed by atoms with Crippen LogP contribution in [0.1, 0.15) is 31.2 Å². The first kappa shape index (κ1) is 13.9. The Hall–Kier alpha value is -2.04. The number of anilines is 1. The highest BCUT2D eigenvalue weighted by atomic mass is 16.5. The minimum atomic E-state index is 0.0362. The molecule has 2 aliphatic rings. The molecule has 2 aliphatic heterocycles. The predicted molar refractivity (Wildman–Crippen MR) is 83.3 cm³/mol. The number of ether oxygens (including phenoxy) is 1. The fraction of sp³-hybridized carbons (Fsp3) is 0.500. The number of aliphatic imine (C=N–C) groups is 1. The lowest BCUT2D eigenvalue weighted by Crippen LogP contribution is -2.29. The first-order valence-electron chi connectivity index (χ1n) is 7.40. The Bertz CT molecular complexity index is 563. The molecular weight excluding hydrogens is 266 g/mol. The Morgan fingerprint density at radius 3 is 3.10 bits per heavy atom. The predicted octanol–water partition coefficient (Wildman–Crippen LogP) is 1.93. The normalized spacial score (nSPS) is 23.1. The van der Waals surface area contributed by atoms with Gasteiger partial charge in [-0.2, -0.15) is 0 Å². The monoisotopic (exact) mass is 287 g/mol. The van der Waals surface area contributed by atoms with E-state index in [2.05, 4.69) is 16.4 Å². The summed E-state index contributed by atoms with van der Waals surface area (Å²) in [6.45, 7) is 3.18. The van der Waals surface area contributed by atoms with Crippen LogP contribution < -0.4 is 15.0 Å². The Labute approximate surface area is 125 Å². The van der Waals surface area contributed by atoms with Crippen LogP contribution in [0.2, 0.25) is 0 Å². The zero-order valence-electron chi connectivity index (χ0n) is 12.5. The van der Waals surface area contributed by atoms with E-state index in [4.69, 9.17) is 4.74 Å². The van der Waals surface area contributed by atoms with Gasteiger partial charge in [0.1, 0.15) is 5.75 Å². The van der Waals surface area contributed by atoms with E-state index in [1.54, 1.807) is 25.2 Å². The average molecular weight is 287 g/mol. The van der Waals surface area contributed by atoms with Gasteiger partial charge in [0.2, 0.25) is 5.91 Å². The van der Waals surface area contributed by atoms with E-state index < -0.39 is 0 Å². The number of rotatable bonds is 3. The van der Waals surface area contributed by atoms with Crippen molar-refractivity contribution in [3.05, 3.63) is 23.8 Å². The SMILES string of the molecule is CC(=O)N(C)c1ccc2c(c1)C(CC1CN=CN1)CCO2. The van der Waals surface area contributed by atoms with Crippen molar-refractivity contribution in [2.75, 3.05) is 25.1 Å². The van der Waals surface area contributed by atoms with Crippen LogP contribution in [0.4, 0.5) is 5.69 Å². The smallest absolute Gasteiger partial charge is 0.223 e. The molecule has 0 saturated heterocycles. The molecule has 0 saturated carbocycles. The van der Waals surface area contributed by atoms with Crippen molar-refractivity contribution in [2.24, 2.45) is 4.99 Å². The van der Waals surface area contributed by atoms with Crippen LogP contribution in [-0.2, 0) is 4.79 Å². The highest BCUT2D eigenvalue weighted by Crippen LogP contribution is 2.38. The fourth-order valence-electron chi connectivity index (χ4n) is 2.97. The van der Waals surface area contributed by atoms with Gasteiger partial charge in [-0.25, -0.2) is 0 Å². The Kier molecular flexibility index (Phi) is 3.82. The van der Waals surface area contributed by atoms with Crippen molar-refractivity contribution in [3.63, 3.8) is 0 Å². The van der Waals surface area contributed by atoms with E-state index in [1.807, 2.05) is 12.1 Å². The Balaban J connectivity index is 1.84. The number of carbonyl (C=O) groups is 1. The second kappa shape index (κ2) is 5.76. The Morgan fingerprint density at radius 2 is 2.38 bits per heavy atom. The number of hydrogen-bond donors (Lipinski definition) is 1. The number of benzene rings is 1. The van der Waals surface area contributed by atoms with Crippen molar-refractivity contribution in [1.29, 1.82) is 0 Å². The highest BCUT2D eigenvalue weighted by molar-refractivity contribution is 5.91. The van der Waals surface area contributed by atoms with Crippen molar-refractivity contribution < 1.29 is 9.53 Å². The summed E-state index contributed by atoms with van der Waals surface area (Å²) in [6.07, 6.45) is 3.85. The maximum Gasteiger partial charge on any atom is 0.223 e. The van der Waals surface area contributed by atoms with Crippen LogP contribution in [0.3, 0.4) is 0 Å². The van der Waals surface area contributed by atoms with Crippen LogP contribution in [-0.4, -0.2) is 38.5 Å². The molecule has 21 heavy (non-hydrogen) atoms. The summed E-state index contributed by atoms with van der Waals surface area (Å²) in [5.74, 6) is 1.44. The number of amides is 1. The summed E-state index contributed by atoms with van der Waals surface area (Å²) in [6, 6.07) is 6.43. The third-order valence-electron chi connectivity index (χ3n) is 4.31. The second-order valence-corrected chi connectivity index (χ2v) is 5.73. The molecule has 1 amide bonds. The molecule has 112 valence electrons. The molecule has 0 fully saturated rings. The van der Waals surface area contributed by atoms with Crippen LogP contribution in [0.5, 0.6) is 5.75 Å². The third kappa shape index (κ3) is 2.86.